The zero-order valence-corrected chi connectivity index (χ0v) is 10.7. The highest BCUT2D eigenvalue weighted by atomic mass is 32.2. The van der Waals surface area contributed by atoms with Crippen LogP contribution in [0.3, 0.4) is 0 Å². The van der Waals surface area contributed by atoms with E-state index in [-0.39, 0.29) is 0 Å². The van der Waals surface area contributed by atoms with Gasteiger partial charge in [-0.05, 0) is 0 Å². The molecule has 1 aliphatic rings. The molecule has 1 saturated heterocycles. The molecule has 0 atom stereocenters. The lowest BCUT2D eigenvalue weighted by molar-refractivity contribution is 0.0725. The molecule has 0 aliphatic carbocycles. The summed E-state index contributed by atoms with van der Waals surface area (Å²) in [6, 6.07) is 0.368. The molecular formula is C9H21N3O3S. The molecule has 2 N–H and O–H groups in total. The Balaban J connectivity index is 2.27. The average molecular weight is 251 g/mol. The van der Waals surface area contributed by atoms with E-state index >= 15 is 0 Å². The quantitative estimate of drug-likeness (QED) is 0.603. The number of ether oxygens (including phenoxy) is 1. The van der Waals surface area contributed by atoms with Crippen LogP contribution in [-0.2, 0) is 14.9 Å². The smallest absolute Gasteiger partial charge is 0.279 e. The molecule has 16 heavy (non-hydrogen) atoms. The lowest BCUT2D eigenvalue weighted by atomic mass is 10.4. The molecule has 0 aromatic carbocycles. The molecule has 0 aromatic heterocycles. The van der Waals surface area contributed by atoms with Crippen LogP contribution in [-0.4, -0.2) is 58.2 Å². The number of hydrogen-bond donors (Lipinski definition) is 2. The Hall–Kier alpha value is -0.210. The Morgan fingerprint density at radius 2 is 1.88 bits per heavy atom. The van der Waals surface area contributed by atoms with Crippen LogP contribution >= 0.6 is 0 Å². The van der Waals surface area contributed by atoms with E-state index in [0.29, 0.717) is 45.4 Å². The Kier molecular flexibility index (Phi) is 5.63. The fourth-order valence-electron chi connectivity index (χ4n) is 1.42. The molecule has 1 heterocycles. The zero-order chi connectivity index (χ0) is 12.0. The van der Waals surface area contributed by atoms with Crippen LogP contribution in [0.15, 0.2) is 0 Å². The summed E-state index contributed by atoms with van der Waals surface area (Å²) in [6.07, 6.45) is 0. The molecule has 0 amide bonds. The Labute approximate surface area is 97.5 Å². The van der Waals surface area contributed by atoms with Gasteiger partial charge in [0.15, 0.2) is 0 Å². The third-order valence-electron chi connectivity index (χ3n) is 2.27. The van der Waals surface area contributed by atoms with Crippen LogP contribution in [0.25, 0.3) is 0 Å². The van der Waals surface area contributed by atoms with Gasteiger partial charge in [-0.15, -0.1) is 0 Å². The fraction of sp³-hybridized carbons (Fsp3) is 1.00. The predicted octanol–water partition coefficient (Wildman–Crippen LogP) is -0.849. The van der Waals surface area contributed by atoms with Gasteiger partial charge in [0.1, 0.15) is 0 Å². The molecule has 1 aliphatic heterocycles. The molecule has 0 saturated carbocycles. The first-order valence-corrected chi connectivity index (χ1v) is 7.02. The van der Waals surface area contributed by atoms with Gasteiger partial charge in [-0.3, -0.25) is 0 Å². The summed E-state index contributed by atoms with van der Waals surface area (Å²) in [4.78, 5) is 0. The minimum absolute atomic E-state index is 0.368. The maximum Gasteiger partial charge on any atom is 0.279 e. The normalized spacial score (nSPS) is 19.2. The Bertz CT molecular complexity index is 286. The van der Waals surface area contributed by atoms with Gasteiger partial charge < -0.3 is 10.1 Å². The van der Waals surface area contributed by atoms with Gasteiger partial charge in [-0.2, -0.15) is 12.7 Å². The molecule has 96 valence electrons. The van der Waals surface area contributed by atoms with Crippen LogP contribution in [0.5, 0.6) is 0 Å². The first-order valence-electron chi connectivity index (χ1n) is 5.58. The van der Waals surface area contributed by atoms with Crippen molar-refractivity contribution in [2.75, 3.05) is 39.4 Å². The summed E-state index contributed by atoms with van der Waals surface area (Å²) in [7, 11) is -3.32. The van der Waals surface area contributed by atoms with Crippen molar-refractivity contribution < 1.29 is 13.2 Å². The van der Waals surface area contributed by atoms with Crippen molar-refractivity contribution in [2.45, 2.75) is 19.9 Å². The summed E-state index contributed by atoms with van der Waals surface area (Å²) < 4.78 is 32.6. The van der Waals surface area contributed by atoms with Crippen molar-refractivity contribution in [3.05, 3.63) is 0 Å². The Morgan fingerprint density at radius 3 is 2.44 bits per heavy atom. The molecule has 1 fully saturated rings. The van der Waals surface area contributed by atoms with E-state index in [9.17, 15) is 8.42 Å². The van der Waals surface area contributed by atoms with Crippen molar-refractivity contribution in [3.63, 3.8) is 0 Å². The second-order valence-corrected chi connectivity index (χ2v) is 5.77. The lowest BCUT2D eigenvalue weighted by Crippen LogP contribution is -2.48. The van der Waals surface area contributed by atoms with E-state index < -0.39 is 10.2 Å². The SMILES string of the molecule is CC(C)NCCNS(=O)(=O)N1CCOCC1. The van der Waals surface area contributed by atoms with E-state index in [1.165, 1.54) is 4.31 Å². The monoisotopic (exact) mass is 251 g/mol. The van der Waals surface area contributed by atoms with Crippen molar-refractivity contribution in [1.29, 1.82) is 0 Å². The van der Waals surface area contributed by atoms with Crippen LogP contribution in [0.2, 0.25) is 0 Å². The topological polar surface area (TPSA) is 70.7 Å². The van der Waals surface area contributed by atoms with E-state index in [1.54, 1.807) is 0 Å². The van der Waals surface area contributed by atoms with E-state index in [1.807, 2.05) is 13.8 Å². The molecule has 7 heteroatoms. The minimum atomic E-state index is -3.32. The Morgan fingerprint density at radius 1 is 1.25 bits per heavy atom. The number of morpholine rings is 1. The van der Waals surface area contributed by atoms with Crippen molar-refractivity contribution in [3.8, 4) is 0 Å². The summed E-state index contributed by atoms with van der Waals surface area (Å²) >= 11 is 0. The van der Waals surface area contributed by atoms with Crippen molar-refractivity contribution in [1.82, 2.24) is 14.3 Å². The average Bonchev–Trinajstić information content (AvgIpc) is 2.26. The predicted molar refractivity (Wildman–Crippen MR) is 62.5 cm³/mol. The van der Waals surface area contributed by atoms with Gasteiger partial charge in [0, 0.05) is 32.2 Å². The van der Waals surface area contributed by atoms with E-state index in [0.717, 1.165) is 0 Å². The largest absolute Gasteiger partial charge is 0.379 e. The standard InChI is InChI=1S/C9H21N3O3S/c1-9(2)10-3-4-11-16(13,14)12-5-7-15-8-6-12/h9-11H,3-8H2,1-2H3. The minimum Gasteiger partial charge on any atom is -0.379 e. The van der Waals surface area contributed by atoms with Gasteiger partial charge >= 0.3 is 0 Å². The summed E-state index contributed by atoms with van der Waals surface area (Å²) in [6.45, 7) is 6.93. The highest BCUT2D eigenvalue weighted by molar-refractivity contribution is 7.87. The molecule has 0 radical (unpaired) electrons. The van der Waals surface area contributed by atoms with Gasteiger partial charge in [0.05, 0.1) is 13.2 Å². The number of nitrogens with one attached hydrogen (secondary N) is 2. The number of hydrogen-bond acceptors (Lipinski definition) is 4. The highest BCUT2D eigenvalue weighted by Crippen LogP contribution is 2.01. The van der Waals surface area contributed by atoms with Crippen molar-refractivity contribution in [2.24, 2.45) is 0 Å². The molecule has 0 spiro atoms. The molecular weight excluding hydrogens is 230 g/mol. The number of rotatable bonds is 6. The van der Waals surface area contributed by atoms with Crippen LogP contribution in [0, 0.1) is 0 Å². The molecule has 1 rings (SSSR count). The number of nitrogens with zero attached hydrogens (tertiary/aromatic N) is 1. The van der Waals surface area contributed by atoms with E-state index in [2.05, 4.69) is 10.0 Å². The lowest BCUT2D eigenvalue weighted by Gasteiger charge is -2.26. The summed E-state index contributed by atoms with van der Waals surface area (Å²) in [5.41, 5.74) is 0. The summed E-state index contributed by atoms with van der Waals surface area (Å²) in [5.74, 6) is 0. The van der Waals surface area contributed by atoms with E-state index in [4.69, 9.17) is 4.74 Å². The second kappa shape index (κ2) is 6.51. The van der Waals surface area contributed by atoms with Gasteiger partial charge in [0.25, 0.3) is 10.2 Å². The maximum atomic E-state index is 11.8. The van der Waals surface area contributed by atoms with Gasteiger partial charge in [0.2, 0.25) is 0 Å². The fourth-order valence-corrected chi connectivity index (χ4v) is 2.59. The maximum absolute atomic E-state index is 11.8. The van der Waals surface area contributed by atoms with Crippen LogP contribution in [0.4, 0.5) is 0 Å². The third kappa shape index (κ3) is 4.75. The first kappa shape index (κ1) is 13.9. The first-order chi connectivity index (χ1) is 7.52. The molecule has 0 aromatic rings. The molecule has 0 unspecified atom stereocenters. The summed E-state index contributed by atoms with van der Waals surface area (Å²) in [5, 5.41) is 3.15. The van der Waals surface area contributed by atoms with Gasteiger partial charge in [-0.25, -0.2) is 4.72 Å². The molecule has 0 bridgehead atoms. The highest BCUT2D eigenvalue weighted by Gasteiger charge is 2.23. The van der Waals surface area contributed by atoms with Crippen molar-refractivity contribution >= 4 is 10.2 Å². The zero-order valence-electron chi connectivity index (χ0n) is 9.90. The van der Waals surface area contributed by atoms with Gasteiger partial charge in [-0.1, -0.05) is 13.8 Å². The second-order valence-electron chi connectivity index (χ2n) is 4.02. The third-order valence-corrected chi connectivity index (χ3v) is 3.89. The van der Waals surface area contributed by atoms with Crippen LogP contribution < -0.4 is 10.0 Å². The van der Waals surface area contributed by atoms with Crippen LogP contribution in [0.1, 0.15) is 13.8 Å². The molecule has 6 nitrogen and oxygen atoms in total.